The molecule has 1 aromatic rings. The van der Waals surface area contributed by atoms with Gasteiger partial charge in [-0.2, -0.15) is 0 Å². The van der Waals surface area contributed by atoms with Crippen molar-refractivity contribution >= 4 is 15.7 Å². The number of sulfonamides is 1. The summed E-state index contributed by atoms with van der Waals surface area (Å²) in [6.07, 6.45) is 2.84. The fraction of sp³-hybridized carbons (Fsp3) is 0.571. The number of ether oxygens (including phenoxy) is 2. The normalized spacial score (nSPS) is 28.0. The van der Waals surface area contributed by atoms with E-state index in [0.717, 1.165) is 19.3 Å². The van der Waals surface area contributed by atoms with Gasteiger partial charge in [-0.1, -0.05) is 0 Å². The minimum absolute atomic E-state index is 0.0126. The van der Waals surface area contributed by atoms with E-state index in [0.29, 0.717) is 18.0 Å². The SMILES string of the molecule is CCOc1ccc(N)cc1S(=O)(=O)NC1CC2CCC1O2. The Bertz CT molecular complexity index is 632. The number of hydrogen-bond acceptors (Lipinski definition) is 5. The minimum atomic E-state index is -3.68. The summed E-state index contributed by atoms with van der Waals surface area (Å²) in [4.78, 5) is 0.0899. The van der Waals surface area contributed by atoms with Crippen molar-refractivity contribution < 1.29 is 17.9 Å². The van der Waals surface area contributed by atoms with Gasteiger partial charge in [0.05, 0.1) is 24.9 Å². The van der Waals surface area contributed by atoms with Crippen LogP contribution in [0.4, 0.5) is 5.69 Å². The first kappa shape index (κ1) is 14.6. The van der Waals surface area contributed by atoms with Crippen LogP contribution in [-0.4, -0.2) is 33.3 Å². The summed E-state index contributed by atoms with van der Waals surface area (Å²) in [6.45, 7) is 2.20. The van der Waals surface area contributed by atoms with Crippen molar-refractivity contribution in [2.75, 3.05) is 12.3 Å². The quantitative estimate of drug-likeness (QED) is 0.799. The van der Waals surface area contributed by atoms with Crippen LogP contribution in [0.3, 0.4) is 0 Å². The van der Waals surface area contributed by atoms with Crippen LogP contribution >= 0.6 is 0 Å². The van der Waals surface area contributed by atoms with E-state index in [9.17, 15) is 8.42 Å². The molecule has 3 rings (SSSR count). The molecular formula is C14H20N2O4S. The average Bonchev–Trinajstić information content (AvgIpc) is 3.03. The minimum Gasteiger partial charge on any atom is -0.492 e. The Balaban J connectivity index is 1.86. The number of anilines is 1. The third-order valence-corrected chi connectivity index (χ3v) is 5.48. The maximum absolute atomic E-state index is 12.6. The van der Waals surface area contributed by atoms with Crippen molar-refractivity contribution in [3.8, 4) is 5.75 Å². The zero-order chi connectivity index (χ0) is 15.0. The molecule has 2 bridgehead atoms. The van der Waals surface area contributed by atoms with Crippen molar-refractivity contribution in [1.82, 2.24) is 4.72 Å². The highest BCUT2D eigenvalue weighted by Crippen LogP contribution is 2.35. The molecule has 3 unspecified atom stereocenters. The summed E-state index contributed by atoms with van der Waals surface area (Å²) in [5, 5.41) is 0. The molecule has 2 heterocycles. The number of nitrogens with two attached hydrogens (primary N) is 1. The highest BCUT2D eigenvalue weighted by Gasteiger charge is 2.42. The van der Waals surface area contributed by atoms with Gasteiger partial charge < -0.3 is 15.2 Å². The molecule has 0 radical (unpaired) electrons. The molecule has 2 aliphatic heterocycles. The first-order chi connectivity index (χ1) is 9.99. The Morgan fingerprint density at radius 2 is 2.24 bits per heavy atom. The molecule has 6 nitrogen and oxygen atoms in total. The van der Waals surface area contributed by atoms with E-state index < -0.39 is 10.0 Å². The molecule has 2 fully saturated rings. The lowest BCUT2D eigenvalue weighted by Crippen LogP contribution is -2.41. The average molecular weight is 312 g/mol. The molecule has 0 saturated carbocycles. The van der Waals surface area contributed by atoms with Crippen LogP contribution in [0.1, 0.15) is 26.2 Å². The van der Waals surface area contributed by atoms with Gasteiger partial charge in [-0.05, 0) is 44.4 Å². The maximum Gasteiger partial charge on any atom is 0.244 e. The fourth-order valence-corrected chi connectivity index (χ4v) is 4.49. The van der Waals surface area contributed by atoms with Crippen LogP contribution in [0.25, 0.3) is 0 Å². The van der Waals surface area contributed by atoms with Crippen LogP contribution in [0, 0.1) is 0 Å². The molecular weight excluding hydrogens is 292 g/mol. The van der Waals surface area contributed by atoms with E-state index in [1.807, 2.05) is 6.92 Å². The van der Waals surface area contributed by atoms with Crippen LogP contribution in [0.2, 0.25) is 0 Å². The first-order valence-electron chi connectivity index (χ1n) is 7.19. The van der Waals surface area contributed by atoms with Gasteiger partial charge in [0.25, 0.3) is 0 Å². The second-order valence-electron chi connectivity index (χ2n) is 5.48. The molecule has 21 heavy (non-hydrogen) atoms. The number of rotatable bonds is 5. The van der Waals surface area contributed by atoms with Gasteiger partial charge in [0, 0.05) is 5.69 Å². The van der Waals surface area contributed by atoms with Gasteiger partial charge in [0.1, 0.15) is 10.6 Å². The lowest BCUT2D eigenvalue weighted by atomic mass is 9.96. The predicted octanol–water partition coefficient (Wildman–Crippen LogP) is 1.27. The van der Waals surface area contributed by atoms with Crippen molar-refractivity contribution in [1.29, 1.82) is 0 Å². The molecule has 7 heteroatoms. The Morgan fingerprint density at radius 1 is 1.43 bits per heavy atom. The third kappa shape index (κ3) is 2.86. The van der Waals surface area contributed by atoms with Gasteiger partial charge in [-0.3, -0.25) is 0 Å². The standard InChI is InChI=1S/C14H20N2O4S/c1-2-19-13-5-3-9(15)7-14(13)21(17,18)16-11-8-10-4-6-12(11)20-10/h3,5,7,10-12,16H,2,4,6,8,15H2,1H3. The second kappa shape index (κ2) is 5.47. The summed E-state index contributed by atoms with van der Waals surface area (Å²) in [6, 6.07) is 4.49. The highest BCUT2D eigenvalue weighted by atomic mass is 32.2. The summed E-state index contributed by atoms with van der Waals surface area (Å²) in [5.74, 6) is 0.322. The molecule has 0 spiro atoms. The second-order valence-corrected chi connectivity index (χ2v) is 7.16. The topological polar surface area (TPSA) is 90.7 Å². The number of fused-ring (bicyclic) bond motifs is 2. The Labute approximate surface area is 124 Å². The Kier molecular flexibility index (Phi) is 3.81. The molecule has 0 amide bonds. The number of benzene rings is 1. The molecule has 2 aliphatic rings. The van der Waals surface area contributed by atoms with E-state index in [1.165, 1.54) is 6.07 Å². The third-order valence-electron chi connectivity index (χ3n) is 3.97. The highest BCUT2D eigenvalue weighted by molar-refractivity contribution is 7.89. The Hall–Kier alpha value is -1.31. The summed E-state index contributed by atoms with van der Waals surface area (Å²) in [5.41, 5.74) is 6.11. The van der Waals surface area contributed by atoms with Gasteiger partial charge in [0.15, 0.2) is 0 Å². The zero-order valence-electron chi connectivity index (χ0n) is 11.9. The van der Waals surface area contributed by atoms with Gasteiger partial charge >= 0.3 is 0 Å². The first-order valence-corrected chi connectivity index (χ1v) is 8.68. The fourth-order valence-electron chi connectivity index (χ4n) is 3.03. The summed E-state index contributed by atoms with van der Waals surface area (Å²) < 4.78 is 39.0. The molecule has 3 atom stereocenters. The number of hydrogen-bond donors (Lipinski definition) is 2. The summed E-state index contributed by atoms with van der Waals surface area (Å²) >= 11 is 0. The van der Waals surface area contributed by atoms with Crippen molar-refractivity contribution in [3.63, 3.8) is 0 Å². The van der Waals surface area contributed by atoms with Crippen molar-refractivity contribution in [2.24, 2.45) is 0 Å². The van der Waals surface area contributed by atoms with Crippen LogP contribution in [0.15, 0.2) is 23.1 Å². The van der Waals surface area contributed by atoms with E-state index in [1.54, 1.807) is 12.1 Å². The lowest BCUT2D eigenvalue weighted by Gasteiger charge is -2.21. The van der Waals surface area contributed by atoms with Gasteiger partial charge in [-0.15, -0.1) is 0 Å². The maximum atomic E-state index is 12.6. The zero-order valence-corrected chi connectivity index (χ0v) is 12.7. The summed E-state index contributed by atoms with van der Waals surface area (Å²) in [7, 11) is -3.68. The number of nitrogens with one attached hydrogen (secondary N) is 1. The Morgan fingerprint density at radius 3 is 2.86 bits per heavy atom. The van der Waals surface area contributed by atoms with Gasteiger partial charge in [0.2, 0.25) is 10.0 Å². The molecule has 2 saturated heterocycles. The van der Waals surface area contributed by atoms with Crippen molar-refractivity contribution in [2.45, 2.75) is 49.3 Å². The van der Waals surface area contributed by atoms with Crippen LogP contribution in [-0.2, 0) is 14.8 Å². The van der Waals surface area contributed by atoms with E-state index >= 15 is 0 Å². The van der Waals surface area contributed by atoms with Gasteiger partial charge in [-0.25, -0.2) is 13.1 Å². The molecule has 116 valence electrons. The largest absolute Gasteiger partial charge is 0.492 e. The lowest BCUT2D eigenvalue weighted by molar-refractivity contribution is 0.0996. The molecule has 1 aromatic carbocycles. The molecule has 0 aliphatic carbocycles. The molecule has 3 N–H and O–H groups in total. The van der Waals surface area contributed by atoms with E-state index in [4.69, 9.17) is 15.2 Å². The van der Waals surface area contributed by atoms with Crippen LogP contribution < -0.4 is 15.2 Å². The van der Waals surface area contributed by atoms with Crippen LogP contribution in [0.5, 0.6) is 5.75 Å². The van der Waals surface area contributed by atoms with E-state index in [-0.39, 0.29) is 23.1 Å². The monoisotopic (exact) mass is 312 g/mol. The van der Waals surface area contributed by atoms with Crippen molar-refractivity contribution in [3.05, 3.63) is 18.2 Å². The molecule has 0 aromatic heterocycles. The smallest absolute Gasteiger partial charge is 0.244 e. The number of nitrogen functional groups attached to an aromatic ring is 1. The van der Waals surface area contributed by atoms with E-state index in [2.05, 4.69) is 4.72 Å². The predicted molar refractivity (Wildman–Crippen MR) is 78.6 cm³/mol.